The number of nitrogens with one attached hydrogen (secondary N) is 1. The van der Waals surface area contributed by atoms with Crippen LogP contribution in [0.4, 0.5) is 10.1 Å². The van der Waals surface area contributed by atoms with E-state index in [9.17, 15) is 14.0 Å². The van der Waals surface area contributed by atoms with Crippen LogP contribution in [0.15, 0.2) is 70.7 Å². The molecule has 176 valence electrons. The van der Waals surface area contributed by atoms with Crippen molar-refractivity contribution in [3.05, 3.63) is 93.7 Å². The van der Waals surface area contributed by atoms with E-state index in [0.717, 1.165) is 21.3 Å². The van der Waals surface area contributed by atoms with E-state index in [1.807, 2.05) is 43.3 Å². The molecule has 5 aromatic rings. The highest BCUT2D eigenvalue weighted by atomic mass is 32.2. The molecule has 0 unspecified atom stereocenters. The quantitative estimate of drug-likeness (QED) is 0.243. The van der Waals surface area contributed by atoms with Crippen LogP contribution in [-0.4, -0.2) is 26.2 Å². The number of thiophene rings is 1. The van der Waals surface area contributed by atoms with E-state index in [1.54, 1.807) is 29.8 Å². The molecule has 0 spiro atoms. The Morgan fingerprint density at radius 1 is 1.14 bits per heavy atom. The summed E-state index contributed by atoms with van der Waals surface area (Å²) < 4.78 is 16.0. The van der Waals surface area contributed by atoms with Gasteiger partial charge in [0.2, 0.25) is 5.91 Å². The van der Waals surface area contributed by atoms with Gasteiger partial charge in [0.15, 0.2) is 5.16 Å². The maximum absolute atomic E-state index is 13.8. The molecule has 0 aliphatic rings. The van der Waals surface area contributed by atoms with Crippen molar-refractivity contribution in [2.75, 3.05) is 11.1 Å². The van der Waals surface area contributed by atoms with Crippen LogP contribution in [0.3, 0.4) is 0 Å². The normalized spacial score (nSPS) is 11.3. The second-order valence-electron chi connectivity index (χ2n) is 8.21. The third kappa shape index (κ3) is 4.82. The van der Waals surface area contributed by atoms with Crippen LogP contribution in [0, 0.1) is 19.7 Å². The van der Waals surface area contributed by atoms with Crippen LogP contribution < -0.4 is 10.9 Å². The van der Waals surface area contributed by atoms with E-state index in [2.05, 4.69) is 10.3 Å². The summed E-state index contributed by atoms with van der Waals surface area (Å²) in [6.07, 6.45) is 1.69. The molecule has 0 aliphatic heterocycles. The molecule has 1 N–H and O–H groups in total. The largest absolute Gasteiger partial charge is 0.325 e. The molecule has 9 heteroatoms. The minimum absolute atomic E-state index is 0.0155. The minimum atomic E-state index is -0.382. The number of pyridine rings is 1. The third-order valence-electron chi connectivity index (χ3n) is 5.57. The first-order valence-electron chi connectivity index (χ1n) is 10.9. The van der Waals surface area contributed by atoms with Gasteiger partial charge in [0.05, 0.1) is 17.8 Å². The predicted octanol–water partition coefficient (Wildman–Crippen LogP) is 5.54. The first-order valence-corrected chi connectivity index (χ1v) is 12.7. The van der Waals surface area contributed by atoms with E-state index < -0.39 is 0 Å². The summed E-state index contributed by atoms with van der Waals surface area (Å²) in [6, 6.07) is 16.2. The van der Waals surface area contributed by atoms with Crippen LogP contribution in [0.2, 0.25) is 0 Å². The lowest BCUT2D eigenvalue weighted by molar-refractivity contribution is -0.113. The lowest BCUT2D eigenvalue weighted by Crippen LogP contribution is -2.24. The number of carbonyl (C=O) groups is 1. The van der Waals surface area contributed by atoms with E-state index in [-0.39, 0.29) is 23.0 Å². The fourth-order valence-electron chi connectivity index (χ4n) is 3.66. The zero-order valence-electron chi connectivity index (χ0n) is 19.0. The van der Waals surface area contributed by atoms with Gasteiger partial charge in [-0.15, -0.1) is 11.3 Å². The van der Waals surface area contributed by atoms with Gasteiger partial charge in [-0.2, -0.15) is 0 Å². The van der Waals surface area contributed by atoms with Gasteiger partial charge < -0.3 is 5.32 Å². The Morgan fingerprint density at radius 3 is 2.71 bits per heavy atom. The van der Waals surface area contributed by atoms with Crippen molar-refractivity contribution >= 4 is 55.1 Å². The summed E-state index contributed by atoms with van der Waals surface area (Å²) in [7, 11) is 0. The van der Waals surface area contributed by atoms with Crippen LogP contribution in [0.1, 0.15) is 16.7 Å². The van der Waals surface area contributed by atoms with Crippen molar-refractivity contribution in [3.63, 3.8) is 0 Å². The maximum Gasteiger partial charge on any atom is 0.272 e. The molecule has 0 fully saturated rings. The molecule has 0 saturated heterocycles. The number of thioether (sulfide) groups is 1. The number of halogens is 1. The monoisotopic (exact) mass is 504 g/mol. The van der Waals surface area contributed by atoms with Crippen molar-refractivity contribution in [3.8, 4) is 0 Å². The number of amides is 1. The van der Waals surface area contributed by atoms with E-state index in [4.69, 9.17) is 4.98 Å². The number of rotatable bonds is 6. The number of aryl methyl sites for hydroxylation is 2. The number of anilines is 1. The number of fused-ring (bicyclic) bond motifs is 3. The zero-order valence-corrected chi connectivity index (χ0v) is 20.7. The van der Waals surface area contributed by atoms with Gasteiger partial charge in [0, 0.05) is 17.3 Å². The molecule has 6 nitrogen and oxygen atoms in total. The second kappa shape index (κ2) is 9.59. The summed E-state index contributed by atoms with van der Waals surface area (Å²) in [4.78, 5) is 36.1. The Bertz CT molecular complexity index is 1630. The second-order valence-corrected chi connectivity index (χ2v) is 10.1. The summed E-state index contributed by atoms with van der Waals surface area (Å²) in [5, 5.41) is 3.96. The molecule has 0 saturated carbocycles. The van der Waals surface area contributed by atoms with Gasteiger partial charge in [0.25, 0.3) is 5.56 Å². The predicted molar refractivity (Wildman–Crippen MR) is 140 cm³/mol. The van der Waals surface area contributed by atoms with Crippen molar-refractivity contribution in [2.45, 2.75) is 25.5 Å². The number of aromatic nitrogens is 3. The summed E-state index contributed by atoms with van der Waals surface area (Å²) in [5.41, 5.74) is 3.40. The Labute approximate surface area is 208 Å². The molecule has 35 heavy (non-hydrogen) atoms. The third-order valence-corrected chi connectivity index (χ3v) is 7.63. The molecule has 0 radical (unpaired) electrons. The van der Waals surface area contributed by atoms with Crippen LogP contribution in [-0.2, 0) is 11.3 Å². The Balaban J connectivity index is 1.49. The van der Waals surface area contributed by atoms with E-state index in [0.29, 0.717) is 33.2 Å². The smallest absolute Gasteiger partial charge is 0.272 e. The fourth-order valence-corrected chi connectivity index (χ4v) is 5.49. The molecule has 1 amide bonds. The average molecular weight is 505 g/mol. The first-order chi connectivity index (χ1) is 16.9. The standard InChI is InChI=1S/C26H21FN4O2S2/c1-15-5-8-17(9-6-15)13-31-25(33)23-22(19-4-3-11-28-24(19)35-23)30-26(31)34-14-21(32)29-18-10-7-16(2)20(27)12-18/h3-12H,13-14H2,1-2H3,(H,29,32). The van der Waals surface area contributed by atoms with Crippen molar-refractivity contribution in [1.82, 2.24) is 14.5 Å². The summed E-state index contributed by atoms with van der Waals surface area (Å²) >= 11 is 2.50. The lowest BCUT2D eigenvalue weighted by Gasteiger charge is -2.13. The molecule has 0 atom stereocenters. The molecule has 2 aromatic carbocycles. The Hall–Kier alpha value is -3.56. The maximum atomic E-state index is 13.8. The highest BCUT2D eigenvalue weighted by molar-refractivity contribution is 7.99. The van der Waals surface area contributed by atoms with E-state index in [1.165, 1.54) is 29.2 Å². The topological polar surface area (TPSA) is 76.9 Å². The molecule has 5 rings (SSSR count). The number of benzene rings is 2. The van der Waals surface area contributed by atoms with Gasteiger partial charge in [-0.05, 0) is 49.2 Å². The molecular formula is C26H21FN4O2S2. The highest BCUT2D eigenvalue weighted by Gasteiger charge is 2.18. The van der Waals surface area contributed by atoms with Crippen molar-refractivity contribution in [1.29, 1.82) is 0 Å². The fraction of sp³-hybridized carbons (Fsp3) is 0.154. The van der Waals surface area contributed by atoms with Gasteiger partial charge in [-0.1, -0.05) is 47.7 Å². The Kier molecular flexibility index (Phi) is 6.36. The number of hydrogen-bond donors (Lipinski definition) is 1. The van der Waals surface area contributed by atoms with E-state index >= 15 is 0 Å². The number of nitrogens with zero attached hydrogens (tertiary/aromatic N) is 3. The molecular weight excluding hydrogens is 483 g/mol. The molecule has 0 bridgehead atoms. The molecule has 3 aromatic heterocycles. The summed E-state index contributed by atoms with van der Waals surface area (Å²) in [5.74, 6) is -0.680. The number of hydrogen-bond acceptors (Lipinski definition) is 6. The molecule has 0 aliphatic carbocycles. The van der Waals surface area contributed by atoms with Crippen molar-refractivity contribution < 1.29 is 9.18 Å². The SMILES string of the molecule is Cc1ccc(Cn2c(SCC(=O)Nc3ccc(C)c(F)c3)nc3c(sc4ncccc43)c2=O)cc1. The Morgan fingerprint density at radius 2 is 1.94 bits per heavy atom. The van der Waals surface area contributed by atoms with Gasteiger partial charge in [-0.25, -0.2) is 14.4 Å². The molecule has 3 heterocycles. The lowest BCUT2D eigenvalue weighted by atomic mass is 10.1. The van der Waals surface area contributed by atoms with Crippen LogP contribution in [0.25, 0.3) is 20.4 Å². The van der Waals surface area contributed by atoms with Gasteiger partial charge >= 0.3 is 0 Å². The summed E-state index contributed by atoms with van der Waals surface area (Å²) in [6.45, 7) is 4.00. The number of carbonyl (C=O) groups excluding carboxylic acids is 1. The van der Waals surface area contributed by atoms with Gasteiger partial charge in [0.1, 0.15) is 15.3 Å². The first kappa shape index (κ1) is 23.2. The van der Waals surface area contributed by atoms with Crippen LogP contribution >= 0.6 is 23.1 Å². The average Bonchev–Trinajstić information content (AvgIpc) is 3.22. The van der Waals surface area contributed by atoms with Crippen LogP contribution in [0.5, 0.6) is 0 Å². The minimum Gasteiger partial charge on any atom is -0.325 e. The zero-order chi connectivity index (χ0) is 24.5. The highest BCUT2D eigenvalue weighted by Crippen LogP contribution is 2.30. The van der Waals surface area contributed by atoms with Gasteiger partial charge in [-0.3, -0.25) is 14.2 Å². The van der Waals surface area contributed by atoms with Crippen molar-refractivity contribution in [2.24, 2.45) is 0 Å².